The lowest BCUT2D eigenvalue weighted by molar-refractivity contribution is 0.200. The number of nitrogens with zero attached hydrogens (tertiary/aromatic N) is 5. The van der Waals surface area contributed by atoms with Crippen molar-refractivity contribution >= 4 is 23.3 Å². The summed E-state index contributed by atoms with van der Waals surface area (Å²) in [5.41, 5.74) is 0. The number of methoxy groups -OCH3 is 1. The average Bonchev–Trinajstić information content (AvgIpc) is 3.20. The molecule has 2 N–H and O–H groups in total. The summed E-state index contributed by atoms with van der Waals surface area (Å²) >= 11 is 2.61. The Morgan fingerprint density at radius 3 is 3.14 bits per heavy atom. The predicted molar refractivity (Wildman–Crippen MR) is 77.5 cm³/mol. The molecule has 0 unspecified atom stereocenters. The summed E-state index contributed by atoms with van der Waals surface area (Å²) < 4.78 is 16.6. The molecule has 0 aliphatic heterocycles. The van der Waals surface area contributed by atoms with Crippen molar-refractivity contribution in [3.05, 3.63) is 24.2 Å². The molecule has 0 atom stereocenters. The van der Waals surface area contributed by atoms with Gasteiger partial charge in [0.15, 0.2) is 10.1 Å². The molecule has 0 saturated heterocycles. The van der Waals surface area contributed by atoms with Gasteiger partial charge in [0.25, 0.3) is 0 Å². The summed E-state index contributed by atoms with van der Waals surface area (Å²) in [4.78, 5) is 4.39. The van der Waals surface area contributed by atoms with Crippen molar-refractivity contribution in [2.45, 2.75) is 15.9 Å². The van der Waals surface area contributed by atoms with Crippen LogP contribution in [0.15, 0.2) is 32.3 Å². The summed E-state index contributed by atoms with van der Waals surface area (Å²) in [6.45, 7) is 0.594. The fraction of sp³-hybridized carbons (Fsp3) is 0.273. The molecular weight excluding hydrogens is 312 g/mol. The van der Waals surface area contributed by atoms with Gasteiger partial charge >= 0.3 is 0 Å². The Balaban J connectivity index is 1.75. The van der Waals surface area contributed by atoms with E-state index in [1.807, 2.05) is 0 Å². The zero-order valence-electron chi connectivity index (χ0n) is 11.1. The lowest BCUT2D eigenvalue weighted by Gasteiger charge is -1.99. The Bertz CT molecular complexity index is 708. The monoisotopic (exact) mass is 324 g/mol. The molecule has 8 nitrogen and oxygen atoms in total. The highest BCUT2D eigenvalue weighted by atomic mass is 32.2. The summed E-state index contributed by atoms with van der Waals surface area (Å²) in [7, 11) is 1.65. The average molecular weight is 324 g/mol. The topological polar surface area (TPSA) is 105 Å². The van der Waals surface area contributed by atoms with Gasteiger partial charge in [0.1, 0.15) is 5.82 Å². The van der Waals surface area contributed by atoms with Crippen molar-refractivity contribution < 1.29 is 9.15 Å². The van der Waals surface area contributed by atoms with Crippen LogP contribution in [0.2, 0.25) is 0 Å². The summed E-state index contributed by atoms with van der Waals surface area (Å²) in [5, 5.41) is 8.59. The third kappa shape index (κ3) is 3.06. The minimum Gasteiger partial charge on any atom is -0.461 e. The second-order valence-electron chi connectivity index (χ2n) is 3.97. The third-order valence-corrected chi connectivity index (χ3v) is 4.31. The minimum atomic E-state index is 0.464. The highest BCUT2D eigenvalue weighted by Gasteiger charge is 2.16. The first-order valence-electron chi connectivity index (χ1n) is 6.01. The van der Waals surface area contributed by atoms with Crippen molar-refractivity contribution in [2.75, 3.05) is 19.6 Å². The first-order chi connectivity index (χ1) is 10.3. The number of hydrogen-bond donors (Lipinski definition) is 1. The summed E-state index contributed by atoms with van der Waals surface area (Å²) in [6.07, 6.45) is 2.24. The molecule has 0 aliphatic rings. The van der Waals surface area contributed by atoms with Gasteiger partial charge < -0.3 is 15.0 Å². The Morgan fingerprint density at radius 1 is 1.48 bits per heavy atom. The number of nitrogen functional groups attached to an aromatic ring is 1. The van der Waals surface area contributed by atoms with E-state index in [9.17, 15) is 0 Å². The second kappa shape index (κ2) is 6.24. The minimum absolute atomic E-state index is 0.464. The van der Waals surface area contributed by atoms with Crippen LogP contribution in [0.4, 0.5) is 0 Å². The van der Waals surface area contributed by atoms with E-state index in [1.54, 1.807) is 25.5 Å². The fourth-order valence-electron chi connectivity index (χ4n) is 1.57. The molecule has 0 aliphatic carbocycles. The van der Waals surface area contributed by atoms with Crippen LogP contribution in [0.3, 0.4) is 0 Å². The third-order valence-electron chi connectivity index (χ3n) is 2.56. The molecule has 3 rings (SSSR count). The van der Waals surface area contributed by atoms with E-state index in [1.165, 1.54) is 28.0 Å². The van der Waals surface area contributed by atoms with E-state index < -0.39 is 0 Å². The summed E-state index contributed by atoms with van der Waals surface area (Å²) in [5.74, 6) is 7.75. The van der Waals surface area contributed by atoms with Gasteiger partial charge in [-0.1, -0.05) is 0 Å². The van der Waals surface area contributed by atoms with Crippen LogP contribution in [-0.4, -0.2) is 37.9 Å². The molecule has 0 amide bonds. The van der Waals surface area contributed by atoms with E-state index in [4.69, 9.17) is 15.0 Å². The first kappa shape index (κ1) is 14.0. The zero-order chi connectivity index (χ0) is 14.7. The fourth-order valence-corrected chi connectivity index (χ4v) is 3.09. The van der Waals surface area contributed by atoms with Gasteiger partial charge in [-0.3, -0.25) is 0 Å². The quantitative estimate of drug-likeness (QED) is 0.679. The lowest BCUT2D eigenvalue weighted by Crippen LogP contribution is -2.11. The molecule has 3 aromatic rings. The van der Waals surface area contributed by atoms with Crippen LogP contribution in [0.5, 0.6) is 0 Å². The number of nitrogens with two attached hydrogens (primary N) is 1. The van der Waals surface area contributed by atoms with Crippen LogP contribution in [-0.2, 0) is 11.2 Å². The normalized spacial score (nSPS) is 11.1. The van der Waals surface area contributed by atoms with E-state index in [2.05, 4.69) is 19.6 Å². The number of rotatable bonds is 6. The smallest absolute Gasteiger partial charge is 0.218 e. The molecule has 0 aromatic carbocycles. The van der Waals surface area contributed by atoms with Gasteiger partial charge in [0, 0.05) is 13.5 Å². The highest BCUT2D eigenvalue weighted by molar-refractivity contribution is 8.00. The molecular formula is C11H12N6O2S2. The standard InChI is InChI=1S/C11H12N6O2S2/c1-18-6-4-8-13-11(21-16-8)20-10-15-14-9(17(10)12)7-3-2-5-19-7/h2-3,5H,4,6,12H2,1H3. The van der Waals surface area contributed by atoms with Crippen molar-refractivity contribution in [1.29, 1.82) is 0 Å². The van der Waals surface area contributed by atoms with E-state index in [-0.39, 0.29) is 0 Å². The van der Waals surface area contributed by atoms with Crippen molar-refractivity contribution in [3.8, 4) is 11.6 Å². The maximum atomic E-state index is 5.98. The lowest BCUT2D eigenvalue weighted by atomic mass is 10.4. The first-order valence-corrected chi connectivity index (χ1v) is 7.60. The van der Waals surface area contributed by atoms with Gasteiger partial charge in [-0.05, 0) is 35.4 Å². The van der Waals surface area contributed by atoms with Gasteiger partial charge in [-0.2, -0.15) is 4.37 Å². The predicted octanol–water partition coefficient (Wildman–Crippen LogP) is 1.44. The number of furan rings is 1. The van der Waals surface area contributed by atoms with Gasteiger partial charge in [0.05, 0.1) is 12.9 Å². The van der Waals surface area contributed by atoms with Crippen LogP contribution >= 0.6 is 23.3 Å². The molecule has 110 valence electrons. The van der Waals surface area contributed by atoms with Gasteiger partial charge in [-0.25, -0.2) is 9.66 Å². The highest BCUT2D eigenvalue weighted by Crippen LogP contribution is 2.29. The molecule has 3 heterocycles. The van der Waals surface area contributed by atoms with Crippen molar-refractivity contribution in [3.63, 3.8) is 0 Å². The molecule has 21 heavy (non-hydrogen) atoms. The van der Waals surface area contributed by atoms with Crippen LogP contribution in [0.25, 0.3) is 11.6 Å². The number of hydrogen-bond acceptors (Lipinski definition) is 9. The van der Waals surface area contributed by atoms with Crippen LogP contribution in [0.1, 0.15) is 5.82 Å². The Kier molecular flexibility index (Phi) is 4.18. The van der Waals surface area contributed by atoms with Crippen LogP contribution in [0, 0.1) is 0 Å². The van der Waals surface area contributed by atoms with E-state index in [0.29, 0.717) is 29.8 Å². The van der Waals surface area contributed by atoms with Gasteiger partial charge in [-0.15, -0.1) is 10.2 Å². The Labute approximate surface area is 128 Å². The van der Waals surface area contributed by atoms with Crippen molar-refractivity contribution in [1.82, 2.24) is 24.2 Å². The van der Waals surface area contributed by atoms with E-state index in [0.717, 1.165) is 10.2 Å². The zero-order valence-corrected chi connectivity index (χ0v) is 12.7. The molecule has 0 fully saturated rings. The number of ether oxygens (including phenoxy) is 1. The maximum Gasteiger partial charge on any atom is 0.218 e. The molecule has 3 aromatic heterocycles. The number of aromatic nitrogens is 5. The maximum absolute atomic E-state index is 5.98. The van der Waals surface area contributed by atoms with Gasteiger partial charge in [0.2, 0.25) is 11.0 Å². The second-order valence-corrected chi connectivity index (χ2v) is 5.94. The summed E-state index contributed by atoms with van der Waals surface area (Å²) in [6, 6.07) is 3.54. The molecule has 0 spiro atoms. The van der Waals surface area contributed by atoms with E-state index >= 15 is 0 Å². The Hall–Kier alpha value is -1.91. The molecule has 0 radical (unpaired) electrons. The van der Waals surface area contributed by atoms with Crippen molar-refractivity contribution in [2.24, 2.45) is 0 Å². The molecule has 0 bridgehead atoms. The molecule has 0 saturated carbocycles. The Morgan fingerprint density at radius 2 is 2.38 bits per heavy atom. The SMILES string of the molecule is COCCc1nsc(Sc2nnc(-c3ccco3)n2N)n1. The largest absolute Gasteiger partial charge is 0.461 e. The van der Waals surface area contributed by atoms with Crippen LogP contribution < -0.4 is 5.84 Å². The molecule has 10 heteroatoms.